The van der Waals surface area contributed by atoms with E-state index < -0.39 is 0 Å². The zero-order chi connectivity index (χ0) is 18.7. The molecule has 0 aromatic rings. The minimum absolute atomic E-state index is 0.0242. The number of fused-ring (bicyclic) bond motifs is 1. The molecule has 1 saturated carbocycles. The first kappa shape index (κ1) is 19.6. The van der Waals surface area contributed by atoms with E-state index in [2.05, 4.69) is 21.1 Å². The molecule has 5 atom stereocenters. The quantitative estimate of drug-likeness (QED) is 0.590. The molecule has 2 aliphatic heterocycles. The number of rotatable bonds is 6. The van der Waals surface area contributed by atoms with Gasteiger partial charge in [0.25, 0.3) is 0 Å². The van der Waals surface area contributed by atoms with Gasteiger partial charge in [0.1, 0.15) is 6.29 Å². The molecule has 8 heteroatoms. The number of carbonyl (C=O) groups is 1. The molecule has 148 valence electrons. The number of esters is 1. The van der Waals surface area contributed by atoms with Crippen LogP contribution < -0.4 is 16.1 Å². The number of ether oxygens (including phenoxy) is 3. The third-order valence-electron chi connectivity index (χ3n) is 5.58. The molecule has 26 heavy (non-hydrogen) atoms. The third kappa shape index (κ3) is 3.75. The van der Waals surface area contributed by atoms with Crippen molar-refractivity contribution < 1.29 is 19.0 Å². The van der Waals surface area contributed by atoms with Crippen LogP contribution in [0.2, 0.25) is 0 Å². The number of hydrogen-bond acceptors (Lipinski definition) is 8. The number of hydrogen-bond donors (Lipinski definition) is 3. The largest absolute Gasteiger partial charge is 0.463 e. The van der Waals surface area contributed by atoms with E-state index in [1.807, 2.05) is 20.8 Å². The highest BCUT2D eigenvalue weighted by molar-refractivity contribution is 5.91. The second kappa shape index (κ2) is 8.67. The van der Waals surface area contributed by atoms with Gasteiger partial charge in [-0.1, -0.05) is 0 Å². The van der Waals surface area contributed by atoms with Crippen LogP contribution in [0.5, 0.6) is 0 Å². The van der Waals surface area contributed by atoms with Gasteiger partial charge in [-0.2, -0.15) is 5.01 Å². The molecule has 1 saturated heterocycles. The standard InChI is InChI=1S/C18H32N4O4/c1-5-25-14-9-12(7-8-13(14)24-4)16-15(17(23)26-6-2)11(3)21-18-19-10-20-22(16)18/h12-14,16,18-21H,5-10H2,1-4H3. The number of carbonyl (C=O) groups excluding carboxylic acids is 1. The topological polar surface area (TPSA) is 84.1 Å². The van der Waals surface area contributed by atoms with Crippen molar-refractivity contribution >= 4 is 5.97 Å². The summed E-state index contributed by atoms with van der Waals surface area (Å²) < 4.78 is 17.0. The molecule has 3 aliphatic rings. The van der Waals surface area contributed by atoms with Crippen LogP contribution in [-0.4, -0.2) is 62.5 Å². The normalized spacial score (nSPS) is 35.2. The van der Waals surface area contributed by atoms with E-state index in [4.69, 9.17) is 14.2 Å². The van der Waals surface area contributed by atoms with Gasteiger partial charge in [0.05, 0.1) is 37.1 Å². The molecule has 0 aromatic carbocycles. The fourth-order valence-electron chi connectivity index (χ4n) is 4.47. The smallest absolute Gasteiger partial charge is 0.337 e. The van der Waals surface area contributed by atoms with Crippen molar-refractivity contribution in [3.05, 3.63) is 11.3 Å². The summed E-state index contributed by atoms with van der Waals surface area (Å²) in [6.07, 6.45) is 2.91. The Morgan fingerprint density at radius 1 is 1.23 bits per heavy atom. The number of hydrazine groups is 1. The van der Waals surface area contributed by atoms with Gasteiger partial charge in [-0.05, 0) is 46.0 Å². The summed E-state index contributed by atoms with van der Waals surface area (Å²) in [5.41, 5.74) is 4.97. The van der Waals surface area contributed by atoms with Gasteiger partial charge in [-0.15, -0.1) is 0 Å². The number of nitrogens with zero attached hydrogens (tertiary/aromatic N) is 1. The average Bonchev–Trinajstić information content (AvgIpc) is 3.08. The summed E-state index contributed by atoms with van der Waals surface area (Å²) in [5, 5.41) is 8.86. The van der Waals surface area contributed by atoms with Gasteiger partial charge in [-0.3, -0.25) is 5.32 Å². The van der Waals surface area contributed by atoms with Gasteiger partial charge in [0, 0.05) is 19.4 Å². The second-order valence-electron chi connectivity index (χ2n) is 7.04. The SMILES string of the molecule is CCOC(=O)C1=C(C)NC2NCNN2C1C1CCC(OC)C(OCC)C1. The highest BCUT2D eigenvalue weighted by atomic mass is 16.5. The molecular weight excluding hydrogens is 336 g/mol. The van der Waals surface area contributed by atoms with Crippen molar-refractivity contribution in [3.8, 4) is 0 Å². The molecule has 0 radical (unpaired) electrons. The molecule has 5 unspecified atom stereocenters. The number of allylic oxidation sites excluding steroid dienone is 1. The fraction of sp³-hybridized carbons (Fsp3) is 0.833. The van der Waals surface area contributed by atoms with E-state index >= 15 is 0 Å². The molecule has 2 heterocycles. The Hall–Kier alpha value is -1.19. The van der Waals surface area contributed by atoms with Crippen LogP contribution in [0, 0.1) is 5.92 Å². The summed E-state index contributed by atoms with van der Waals surface area (Å²) in [6.45, 7) is 7.51. The Labute approximate surface area is 155 Å². The van der Waals surface area contributed by atoms with Crippen LogP contribution in [0.25, 0.3) is 0 Å². The Kier molecular flexibility index (Phi) is 6.52. The summed E-state index contributed by atoms with van der Waals surface area (Å²) in [4.78, 5) is 12.7. The fourth-order valence-corrected chi connectivity index (χ4v) is 4.47. The van der Waals surface area contributed by atoms with Gasteiger partial charge < -0.3 is 19.5 Å². The van der Waals surface area contributed by atoms with E-state index in [1.165, 1.54) is 0 Å². The molecule has 8 nitrogen and oxygen atoms in total. The molecule has 0 spiro atoms. The predicted octanol–water partition coefficient (Wildman–Crippen LogP) is 0.666. The molecule has 1 aliphatic carbocycles. The van der Waals surface area contributed by atoms with Gasteiger partial charge in [0.15, 0.2) is 0 Å². The summed E-state index contributed by atoms with van der Waals surface area (Å²) in [6, 6.07) is -0.0592. The Morgan fingerprint density at radius 2 is 2.04 bits per heavy atom. The van der Waals surface area contributed by atoms with Gasteiger partial charge in [0.2, 0.25) is 0 Å². The van der Waals surface area contributed by atoms with Crippen molar-refractivity contribution in [2.24, 2.45) is 5.92 Å². The Bertz CT molecular complexity index is 541. The van der Waals surface area contributed by atoms with Crippen LogP contribution in [-0.2, 0) is 19.0 Å². The molecule has 0 aromatic heterocycles. The number of methoxy groups -OCH3 is 1. The van der Waals surface area contributed by atoms with Gasteiger partial charge >= 0.3 is 5.97 Å². The first-order chi connectivity index (χ1) is 12.6. The minimum atomic E-state index is -0.239. The van der Waals surface area contributed by atoms with Gasteiger partial charge in [-0.25, -0.2) is 10.2 Å². The van der Waals surface area contributed by atoms with Crippen molar-refractivity contribution in [1.29, 1.82) is 0 Å². The first-order valence-corrected chi connectivity index (χ1v) is 9.64. The number of nitrogens with one attached hydrogen (secondary N) is 3. The lowest BCUT2D eigenvalue weighted by Gasteiger charge is -2.46. The maximum atomic E-state index is 12.7. The van der Waals surface area contributed by atoms with E-state index in [-0.39, 0.29) is 36.4 Å². The molecule has 0 amide bonds. The van der Waals surface area contributed by atoms with Crippen LogP contribution >= 0.6 is 0 Å². The van der Waals surface area contributed by atoms with Crippen LogP contribution in [0.1, 0.15) is 40.0 Å². The first-order valence-electron chi connectivity index (χ1n) is 9.64. The predicted molar refractivity (Wildman–Crippen MR) is 96.6 cm³/mol. The monoisotopic (exact) mass is 368 g/mol. The zero-order valence-electron chi connectivity index (χ0n) is 16.2. The van der Waals surface area contributed by atoms with Crippen molar-refractivity contribution in [2.45, 2.75) is 64.6 Å². The molecular formula is C18H32N4O4. The van der Waals surface area contributed by atoms with Crippen molar-refractivity contribution in [1.82, 2.24) is 21.1 Å². The minimum Gasteiger partial charge on any atom is -0.463 e. The summed E-state index contributed by atoms with van der Waals surface area (Å²) in [7, 11) is 1.75. The maximum Gasteiger partial charge on any atom is 0.337 e. The lowest BCUT2D eigenvalue weighted by atomic mass is 9.77. The molecule has 0 bridgehead atoms. The highest BCUT2D eigenvalue weighted by Gasteiger charge is 2.47. The maximum absolute atomic E-state index is 12.7. The molecule has 3 N–H and O–H groups in total. The van der Waals surface area contributed by atoms with Crippen molar-refractivity contribution in [3.63, 3.8) is 0 Å². The highest BCUT2D eigenvalue weighted by Crippen LogP contribution is 2.38. The van der Waals surface area contributed by atoms with Crippen LogP contribution in [0.3, 0.4) is 0 Å². The molecule has 3 rings (SSSR count). The summed E-state index contributed by atoms with van der Waals surface area (Å²) in [5.74, 6) is 0.0424. The Morgan fingerprint density at radius 3 is 2.73 bits per heavy atom. The summed E-state index contributed by atoms with van der Waals surface area (Å²) >= 11 is 0. The van der Waals surface area contributed by atoms with E-state index in [9.17, 15) is 4.79 Å². The lowest BCUT2D eigenvalue weighted by molar-refractivity contribution is -0.141. The zero-order valence-corrected chi connectivity index (χ0v) is 16.2. The van der Waals surface area contributed by atoms with Crippen molar-refractivity contribution in [2.75, 3.05) is 27.0 Å². The van der Waals surface area contributed by atoms with Crippen LogP contribution in [0.15, 0.2) is 11.3 Å². The van der Waals surface area contributed by atoms with Crippen LogP contribution in [0.4, 0.5) is 0 Å². The third-order valence-corrected chi connectivity index (χ3v) is 5.58. The Balaban J connectivity index is 1.87. The average molecular weight is 368 g/mol. The lowest BCUT2D eigenvalue weighted by Crippen LogP contribution is -2.62. The van der Waals surface area contributed by atoms with E-state index in [0.29, 0.717) is 19.9 Å². The van der Waals surface area contributed by atoms with E-state index in [0.717, 1.165) is 30.5 Å². The second-order valence-corrected chi connectivity index (χ2v) is 7.04. The van der Waals surface area contributed by atoms with E-state index in [1.54, 1.807) is 7.11 Å². The molecule has 2 fully saturated rings.